The van der Waals surface area contributed by atoms with Crippen LogP contribution >= 0.6 is 0 Å². The van der Waals surface area contributed by atoms with Crippen LogP contribution in [0.4, 0.5) is 0 Å². The molecule has 0 aliphatic rings. The molecule has 0 N–H and O–H groups in total. The number of hydrogen-bond acceptors (Lipinski definition) is 3. The zero-order chi connectivity index (χ0) is 46.7. The van der Waals surface area contributed by atoms with E-state index in [1.54, 1.807) is 6.20 Å². The van der Waals surface area contributed by atoms with Crippen LogP contribution in [0, 0.1) is 27.7 Å². The third-order valence-electron chi connectivity index (χ3n) is 12.1. The predicted octanol–water partition coefficient (Wildman–Crippen LogP) is 17.4. The number of benzene rings is 9. The molecule has 0 amide bonds. The van der Waals surface area contributed by atoms with E-state index in [4.69, 9.17) is 0 Å². The van der Waals surface area contributed by atoms with Crippen molar-refractivity contribution in [3.63, 3.8) is 0 Å². The molecule has 0 saturated heterocycles. The molecule has 0 bridgehead atoms. The van der Waals surface area contributed by atoms with Gasteiger partial charge in [-0.3, -0.25) is 15.0 Å². The second-order valence-corrected chi connectivity index (χ2v) is 17.3. The van der Waals surface area contributed by atoms with Crippen LogP contribution in [-0.4, -0.2) is 15.0 Å². The molecule has 3 heteroatoms. The van der Waals surface area contributed by atoms with Gasteiger partial charge >= 0.3 is 0 Å². The first-order valence-electron chi connectivity index (χ1n) is 23.1. The monoisotopic (exact) mass is 875 g/mol. The van der Waals surface area contributed by atoms with Crippen LogP contribution in [0.1, 0.15) is 22.3 Å². The first kappa shape index (κ1) is 44.7. The minimum absolute atomic E-state index is 1.02. The average molecular weight is 876 g/mol. The fourth-order valence-corrected chi connectivity index (χ4v) is 8.40. The molecule has 12 aromatic rings. The molecule has 3 aromatic heterocycles. The summed E-state index contributed by atoms with van der Waals surface area (Å²) < 4.78 is 0. The minimum Gasteiger partial charge on any atom is -0.265 e. The van der Waals surface area contributed by atoms with Gasteiger partial charge in [-0.1, -0.05) is 186 Å². The van der Waals surface area contributed by atoms with Crippen molar-refractivity contribution in [3.8, 4) is 44.6 Å². The number of aromatic nitrogens is 3. The SMILES string of the molecule is Cc1ccc2cc(-c3ccccc3)ccc2c1.Cc1ccc2cc(-c3ccccn3)ccc2c1.Cc1ccc2cc(-c3cccnc3)ccc2c1.Cc1ccc2cc(-c3ccncc3)ccc2c1. The van der Waals surface area contributed by atoms with Gasteiger partial charge in [0, 0.05) is 42.1 Å². The van der Waals surface area contributed by atoms with Gasteiger partial charge in [0.15, 0.2) is 0 Å². The lowest BCUT2D eigenvalue weighted by Gasteiger charge is -2.04. The Morgan fingerprint density at radius 2 is 0.618 bits per heavy atom. The molecule has 0 unspecified atom stereocenters. The van der Waals surface area contributed by atoms with Crippen molar-refractivity contribution in [2.75, 3.05) is 0 Å². The lowest BCUT2D eigenvalue weighted by Crippen LogP contribution is -1.82. The molecule has 9 aromatic carbocycles. The van der Waals surface area contributed by atoms with Crippen molar-refractivity contribution in [3.05, 3.63) is 272 Å². The summed E-state index contributed by atoms with van der Waals surface area (Å²) in [4.78, 5) is 12.6. The highest BCUT2D eigenvalue weighted by Gasteiger charge is 2.03. The number of rotatable bonds is 4. The smallest absolute Gasteiger partial charge is 0.0702 e. The van der Waals surface area contributed by atoms with Crippen molar-refractivity contribution in [2.24, 2.45) is 0 Å². The van der Waals surface area contributed by atoms with E-state index in [1.807, 2.05) is 67.3 Å². The molecular formula is C65H53N3. The van der Waals surface area contributed by atoms with Gasteiger partial charge in [-0.25, -0.2) is 0 Å². The zero-order valence-corrected chi connectivity index (χ0v) is 39.0. The summed E-state index contributed by atoms with van der Waals surface area (Å²) >= 11 is 0. The number of nitrogens with zero attached hydrogens (tertiary/aromatic N) is 3. The molecule has 12 rings (SSSR count). The van der Waals surface area contributed by atoms with E-state index in [0.717, 1.165) is 11.3 Å². The Balaban J connectivity index is 0.000000113. The number of hydrogen-bond donors (Lipinski definition) is 0. The number of fused-ring (bicyclic) bond motifs is 4. The van der Waals surface area contributed by atoms with E-state index in [0.29, 0.717) is 0 Å². The molecule has 0 atom stereocenters. The van der Waals surface area contributed by atoms with Crippen molar-refractivity contribution < 1.29 is 0 Å². The van der Waals surface area contributed by atoms with E-state index in [2.05, 4.69) is 219 Å². The third-order valence-corrected chi connectivity index (χ3v) is 12.1. The van der Waals surface area contributed by atoms with Crippen LogP contribution in [0.25, 0.3) is 87.7 Å². The van der Waals surface area contributed by atoms with E-state index in [-0.39, 0.29) is 0 Å². The summed E-state index contributed by atoms with van der Waals surface area (Å²) in [5.74, 6) is 0. The molecule has 3 heterocycles. The van der Waals surface area contributed by atoms with E-state index < -0.39 is 0 Å². The van der Waals surface area contributed by atoms with Gasteiger partial charge in [0.2, 0.25) is 0 Å². The molecular weight excluding hydrogens is 823 g/mol. The maximum Gasteiger partial charge on any atom is 0.0702 e. The van der Waals surface area contributed by atoms with Crippen LogP contribution < -0.4 is 0 Å². The predicted molar refractivity (Wildman–Crippen MR) is 290 cm³/mol. The highest BCUT2D eigenvalue weighted by Crippen LogP contribution is 2.28. The quantitative estimate of drug-likeness (QED) is 0.177. The standard InChI is InChI=1S/C17H14.3C16H13N/c1-13-7-8-17-12-16(10-9-15(17)11-13)14-5-3-2-4-6-14;1-12-2-3-16-11-15(5-4-14(16)10-12)13-6-8-17-9-7-13;1-12-4-5-14-10-15(7-6-13(14)9-12)16-3-2-8-17-11-16;1-12-5-6-14-11-15(8-7-13(14)10-12)16-4-2-3-9-17-16/h2-12H,1H3;3*2-11H,1H3. The van der Waals surface area contributed by atoms with E-state index in [1.165, 1.54) is 98.7 Å². The first-order chi connectivity index (χ1) is 33.3. The molecule has 0 fully saturated rings. The highest BCUT2D eigenvalue weighted by atomic mass is 14.7. The molecule has 0 spiro atoms. The van der Waals surface area contributed by atoms with Crippen molar-refractivity contribution in [1.82, 2.24) is 15.0 Å². The van der Waals surface area contributed by atoms with E-state index in [9.17, 15) is 0 Å². The van der Waals surface area contributed by atoms with Gasteiger partial charge in [-0.05, 0) is 153 Å². The molecule has 328 valence electrons. The Bertz CT molecular complexity index is 3110. The van der Waals surface area contributed by atoms with Crippen LogP contribution in [0.2, 0.25) is 0 Å². The minimum atomic E-state index is 1.02. The van der Waals surface area contributed by atoms with Gasteiger partial charge in [0.1, 0.15) is 0 Å². The molecule has 0 saturated carbocycles. The second-order valence-electron chi connectivity index (χ2n) is 17.3. The Hall–Kier alpha value is -8.53. The molecule has 0 aliphatic carbocycles. The number of aryl methyl sites for hydroxylation is 4. The fraction of sp³-hybridized carbons (Fsp3) is 0.0615. The summed E-state index contributed by atoms with van der Waals surface area (Å²) in [5.41, 5.74) is 14.8. The molecule has 0 aliphatic heterocycles. The third kappa shape index (κ3) is 11.3. The lowest BCUT2D eigenvalue weighted by atomic mass is 10.0. The van der Waals surface area contributed by atoms with Crippen molar-refractivity contribution in [1.29, 1.82) is 0 Å². The van der Waals surface area contributed by atoms with Gasteiger partial charge in [0.05, 0.1) is 5.69 Å². The summed E-state index contributed by atoms with van der Waals surface area (Å²) in [7, 11) is 0. The van der Waals surface area contributed by atoms with Crippen LogP contribution in [0.15, 0.2) is 249 Å². The largest absolute Gasteiger partial charge is 0.265 e. The van der Waals surface area contributed by atoms with Gasteiger partial charge in [0.25, 0.3) is 0 Å². The zero-order valence-electron chi connectivity index (χ0n) is 39.0. The normalized spacial score (nSPS) is 10.6. The topological polar surface area (TPSA) is 38.7 Å². The molecule has 0 radical (unpaired) electrons. The maximum absolute atomic E-state index is 4.37. The molecule has 68 heavy (non-hydrogen) atoms. The maximum atomic E-state index is 4.37. The average Bonchev–Trinajstić information content (AvgIpc) is 3.39. The van der Waals surface area contributed by atoms with Crippen molar-refractivity contribution in [2.45, 2.75) is 27.7 Å². The Kier molecular flexibility index (Phi) is 13.9. The van der Waals surface area contributed by atoms with Crippen LogP contribution in [0.3, 0.4) is 0 Å². The van der Waals surface area contributed by atoms with Crippen LogP contribution in [0.5, 0.6) is 0 Å². The Labute approximate surface area is 400 Å². The van der Waals surface area contributed by atoms with Gasteiger partial charge in [-0.15, -0.1) is 0 Å². The summed E-state index contributed by atoms with van der Waals surface area (Å²) in [6.07, 6.45) is 9.18. The van der Waals surface area contributed by atoms with Crippen molar-refractivity contribution >= 4 is 43.1 Å². The number of pyridine rings is 3. The highest BCUT2D eigenvalue weighted by molar-refractivity contribution is 5.90. The first-order valence-corrected chi connectivity index (χ1v) is 23.1. The summed E-state index contributed by atoms with van der Waals surface area (Å²) in [6, 6.07) is 77.0. The lowest BCUT2D eigenvalue weighted by molar-refractivity contribution is 1.33. The Morgan fingerprint density at radius 3 is 1.06 bits per heavy atom. The van der Waals surface area contributed by atoms with Gasteiger partial charge in [-0.2, -0.15) is 0 Å². The van der Waals surface area contributed by atoms with Crippen LogP contribution in [-0.2, 0) is 0 Å². The summed E-state index contributed by atoms with van der Waals surface area (Å²) in [5, 5.41) is 10.3. The fourth-order valence-electron chi connectivity index (χ4n) is 8.40. The summed E-state index contributed by atoms with van der Waals surface area (Å²) in [6.45, 7) is 8.49. The molecule has 3 nitrogen and oxygen atoms in total. The van der Waals surface area contributed by atoms with Gasteiger partial charge < -0.3 is 0 Å². The Morgan fingerprint density at radius 1 is 0.235 bits per heavy atom. The second kappa shape index (κ2) is 21.2. The van der Waals surface area contributed by atoms with E-state index >= 15 is 0 Å².